The SMILES string of the molecule is O=C(O)c1ccc(S(=O)(=O)NC2COC2)nc1. The van der Waals surface area contributed by atoms with E-state index in [1.54, 1.807) is 0 Å². The quantitative estimate of drug-likeness (QED) is 0.751. The number of rotatable bonds is 4. The topological polar surface area (TPSA) is 106 Å². The van der Waals surface area contributed by atoms with E-state index in [0.29, 0.717) is 13.2 Å². The summed E-state index contributed by atoms with van der Waals surface area (Å²) in [6, 6.07) is 2.12. The van der Waals surface area contributed by atoms with Gasteiger partial charge in [-0.15, -0.1) is 0 Å². The van der Waals surface area contributed by atoms with Crippen molar-refractivity contribution in [3.05, 3.63) is 23.9 Å². The lowest BCUT2D eigenvalue weighted by Crippen LogP contribution is -2.48. The van der Waals surface area contributed by atoms with Crippen LogP contribution in [0, 0.1) is 0 Å². The summed E-state index contributed by atoms with van der Waals surface area (Å²) in [5.41, 5.74) is -0.0593. The maximum atomic E-state index is 11.7. The number of sulfonamides is 1. The highest BCUT2D eigenvalue weighted by atomic mass is 32.2. The van der Waals surface area contributed by atoms with Gasteiger partial charge in [-0.1, -0.05) is 0 Å². The van der Waals surface area contributed by atoms with Gasteiger partial charge in [-0.25, -0.2) is 22.9 Å². The zero-order chi connectivity index (χ0) is 12.5. The average Bonchev–Trinajstić information content (AvgIpc) is 2.24. The van der Waals surface area contributed by atoms with Gasteiger partial charge >= 0.3 is 5.97 Å². The smallest absolute Gasteiger partial charge is 0.337 e. The molecular weight excluding hydrogens is 248 g/mol. The Kier molecular flexibility index (Phi) is 3.09. The van der Waals surface area contributed by atoms with E-state index in [1.165, 1.54) is 6.07 Å². The Morgan fingerprint density at radius 1 is 1.47 bits per heavy atom. The number of hydrogen-bond acceptors (Lipinski definition) is 5. The number of carboxylic acids is 1. The van der Waals surface area contributed by atoms with E-state index in [4.69, 9.17) is 9.84 Å². The number of aromatic carboxylic acids is 1. The van der Waals surface area contributed by atoms with Crippen molar-refractivity contribution in [2.45, 2.75) is 11.1 Å². The standard InChI is InChI=1S/C9H10N2O5S/c12-9(13)6-1-2-8(10-3-6)17(14,15)11-7-4-16-5-7/h1-3,7,11H,4-5H2,(H,12,13). The highest BCUT2D eigenvalue weighted by Crippen LogP contribution is 2.10. The second-order valence-corrected chi connectivity index (χ2v) is 5.21. The molecule has 2 heterocycles. The first-order valence-corrected chi connectivity index (χ1v) is 6.27. The lowest BCUT2D eigenvalue weighted by atomic mass is 10.3. The van der Waals surface area contributed by atoms with Gasteiger partial charge in [0.25, 0.3) is 10.0 Å². The van der Waals surface area contributed by atoms with Gasteiger partial charge in [0.2, 0.25) is 0 Å². The van der Waals surface area contributed by atoms with E-state index < -0.39 is 16.0 Å². The summed E-state index contributed by atoms with van der Waals surface area (Å²) < 4.78 is 30.7. The van der Waals surface area contributed by atoms with E-state index >= 15 is 0 Å². The summed E-state index contributed by atoms with van der Waals surface area (Å²) in [6.07, 6.45) is 1.01. The molecule has 2 rings (SSSR count). The van der Waals surface area contributed by atoms with Crippen molar-refractivity contribution >= 4 is 16.0 Å². The third kappa shape index (κ3) is 2.60. The summed E-state index contributed by atoms with van der Waals surface area (Å²) >= 11 is 0. The summed E-state index contributed by atoms with van der Waals surface area (Å²) in [5, 5.41) is 8.45. The second kappa shape index (κ2) is 4.40. The van der Waals surface area contributed by atoms with Gasteiger partial charge < -0.3 is 9.84 Å². The molecule has 0 unspecified atom stereocenters. The highest BCUT2D eigenvalue weighted by Gasteiger charge is 2.26. The monoisotopic (exact) mass is 258 g/mol. The van der Waals surface area contributed by atoms with Crippen LogP contribution in [0.3, 0.4) is 0 Å². The van der Waals surface area contributed by atoms with Gasteiger partial charge in [0, 0.05) is 6.20 Å². The molecule has 1 aliphatic heterocycles. The molecule has 0 spiro atoms. The van der Waals surface area contributed by atoms with Gasteiger partial charge in [-0.05, 0) is 12.1 Å². The molecule has 1 saturated heterocycles. The number of pyridine rings is 1. The number of nitrogens with one attached hydrogen (secondary N) is 1. The van der Waals surface area contributed by atoms with Crippen molar-refractivity contribution in [2.75, 3.05) is 13.2 Å². The molecule has 0 aromatic carbocycles. The maximum absolute atomic E-state index is 11.7. The molecule has 0 aliphatic carbocycles. The predicted molar refractivity (Wildman–Crippen MR) is 56.1 cm³/mol. The van der Waals surface area contributed by atoms with Gasteiger partial charge in [-0.3, -0.25) is 0 Å². The molecule has 0 bridgehead atoms. The number of aromatic nitrogens is 1. The third-order valence-electron chi connectivity index (χ3n) is 2.22. The first-order valence-electron chi connectivity index (χ1n) is 4.78. The van der Waals surface area contributed by atoms with E-state index in [2.05, 4.69) is 9.71 Å². The third-order valence-corrected chi connectivity index (χ3v) is 3.65. The van der Waals surface area contributed by atoms with Crippen LogP contribution in [-0.4, -0.2) is 43.7 Å². The number of nitrogens with zero attached hydrogens (tertiary/aromatic N) is 1. The molecular formula is C9H10N2O5S. The van der Waals surface area contributed by atoms with E-state index in [0.717, 1.165) is 12.3 Å². The van der Waals surface area contributed by atoms with Gasteiger partial charge in [0.15, 0.2) is 5.03 Å². The van der Waals surface area contributed by atoms with Crippen molar-refractivity contribution in [2.24, 2.45) is 0 Å². The Balaban J connectivity index is 2.17. The van der Waals surface area contributed by atoms with Crippen molar-refractivity contribution < 1.29 is 23.1 Å². The number of hydrogen-bond donors (Lipinski definition) is 2. The lowest BCUT2D eigenvalue weighted by Gasteiger charge is -2.26. The van der Waals surface area contributed by atoms with Gasteiger partial charge in [0.05, 0.1) is 24.8 Å². The molecule has 8 heteroatoms. The zero-order valence-corrected chi connectivity index (χ0v) is 9.48. The molecule has 0 radical (unpaired) electrons. The Hall–Kier alpha value is -1.51. The van der Waals surface area contributed by atoms with Crippen LogP contribution in [0.5, 0.6) is 0 Å². The lowest BCUT2D eigenvalue weighted by molar-refractivity contribution is 0.00479. The molecule has 0 atom stereocenters. The zero-order valence-electron chi connectivity index (χ0n) is 8.66. The minimum Gasteiger partial charge on any atom is -0.478 e. The fraction of sp³-hybridized carbons (Fsp3) is 0.333. The molecule has 1 aromatic heterocycles. The number of ether oxygens (including phenoxy) is 1. The van der Waals surface area contributed by atoms with Crippen molar-refractivity contribution in [3.8, 4) is 0 Å². The maximum Gasteiger partial charge on any atom is 0.337 e. The van der Waals surface area contributed by atoms with Crippen LogP contribution in [-0.2, 0) is 14.8 Å². The predicted octanol–water partition coefficient (Wildman–Crippen LogP) is -0.543. The van der Waals surface area contributed by atoms with Crippen molar-refractivity contribution in [3.63, 3.8) is 0 Å². The molecule has 17 heavy (non-hydrogen) atoms. The normalized spacial score (nSPS) is 16.5. The minimum atomic E-state index is -3.70. The van der Waals surface area contributed by atoms with Crippen LogP contribution < -0.4 is 4.72 Å². The van der Waals surface area contributed by atoms with Gasteiger partial charge in [0.1, 0.15) is 0 Å². The molecule has 2 N–H and O–H groups in total. The van der Waals surface area contributed by atoms with Crippen LogP contribution in [0.2, 0.25) is 0 Å². The molecule has 7 nitrogen and oxygen atoms in total. The summed E-state index contributed by atoms with van der Waals surface area (Å²) in [4.78, 5) is 14.2. The molecule has 1 fully saturated rings. The van der Waals surface area contributed by atoms with Gasteiger partial charge in [-0.2, -0.15) is 0 Å². The second-order valence-electron chi connectivity index (χ2n) is 3.55. The van der Waals surface area contributed by atoms with E-state index in [9.17, 15) is 13.2 Å². The molecule has 1 aliphatic rings. The van der Waals surface area contributed by atoms with Crippen LogP contribution in [0.4, 0.5) is 0 Å². The highest BCUT2D eigenvalue weighted by molar-refractivity contribution is 7.89. The Morgan fingerprint density at radius 2 is 2.18 bits per heavy atom. The Bertz CT molecular complexity index is 521. The average molecular weight is 258 g/mol. The Labute approximate surface area is 97.5 Å². The molecule has 0 amide bonds. The van der Waals surface area contributed by atoms with E-state index in [1.807, 2.05) is 0 Å². The van der Waals surface area contributed by atoms with Crippen LogP contribution in [0.15, 0.2) is 23.4 Å². The fourth-order valence-electron chi connectivity index (χ4n) is 1.25. The van der Waals surface area contributed by atoms with Crippen molar-refractivity contribution in [1.82, 2.24) is 9.71 Å². The first-order chi connectivity index (χ1) is 7.99. The summed E-state index contributed by atoms with van der Waals surface area (Å²) in [6.45, 7) is 0.679. The van der Waals surface area contributed by atoms with Crippen LogP contribution in [0.25, 0.3) is 0 Å². The molecule has 1 aromatic rings. The largest absolute Gasteiger partial charge is 0.478 e. The minimum absolute atomic E-state index is 0.0593. The number of carbonyl (C=O) groups is 1. The Morgan fingerprint density at radius 3 is 2.59 bits per heavy atom. The van der Waals surface area contributed by atoms with E-state index in [-0.39, 0.29) is 16.6 Å². The first kappa shape index (κ1) is 12.0. The fourth-order valence-corrected chi connectivity index (χ4v) is 2.38. The summed E-state index contributed by atoms with van der Waals surface area (Å²) in [5.74, 6) is -1.15. The van der Waals surface area contributed by atoms with Crippen LogP contribution in [0.1, 0.15) is 10.4 Å². The summed E-state index contributed by atoms with van der Waals surface area (Å²) in [7, 11) is -3.70. The molecule has 92 valence electrons. The van der Waals surface area contributed by atoms with Crippen LogP contribution >= 0.6 is 0 Å². The molecule has 0 saturated carbocycles. The number of carboxylic acid groups (broad SMARTS) is 1. The van der Waals surface area contributed by atoms with Crippen molar-refractivity contribution in [1.29, 1.82) is 0 Å².